The number of alkyl halides is 3. The molecule has 0 aliphatic heterocycles. The molecule has 0 amide bonds. The van der Waals surface area contributed by atoms with Gasteiger partial charge in [0, 0.05) is 25.5 Å². The molecule has 2 N–H and O–H groups in total. The molecule has 1 heterocycles. The van der Waals surface area contributed by atoms with Gasteiger partial charge in [0.1, 0.15) is 6.54 Å². The molecule has 0 aliphatic carbocycles. The number of nitrogens with one attached hydrogen (secondary N) is 2. The van der Waals surface area contributed by atoms with E-state index in [1.54, 1.807) is 0 Å². The summed E-state index contributed by atoms with van der Waals surface area (Å²) in [6.07, 6.45) is -2.44. The normalized spacial score (nSPS) is 13.1. The van der Waals surface area contributed by atoms with Gasteiger partial charge in [-0.3, -0.25) is 0 Å². The van der Waals surface area contributed by atoms with Crippen molar-refractivity contribution in [1.29, 1.82) is 0 Å². The molecular formula is C11H18F3N3O2S. The summed E-state index contributed by atoms with van der Waals surface area (Å²) in [6, 6.07) is 1.34. The highest BCUT2D eigenvalue weighted by Crippen LogP contribution is 2.21. The summed E-state index contributed by atoms with van der Waals surface area (Å²) in [6.45, 7) is 1.69. The maximum absolute atomic E-state index is 12.2. The van der Waals surface area contributed by atoms with E-state index in [1.165, 1.54) is 12.3 Å². The Morgan fingerprint density at radius 1 is 1.40 bits per heavy atom. The third-order valence-electron chi connectivity index (χ3n) is 2.57. The summed E-state index contributed by atoms with van der Waals surface area (Å²) in [5, 5.41) is 3.06. The van der Waals surface area contributed by atoms with Gasteiger partial charge in [-0.2, -0.15) is 17.5 Å². The Morgan fingerprint density at radius 2 is 2.05 bits per heavy atom. The molecule has 9 heteroatoms. The van der Waals surface area contributed by atoms with Gasteiger partial charge in [-0.1, -0.05) is 6.92 Å². The lowest BCUT2D eigenvalue weighted by Crippen LogP contribution is -2.35. The minimum absolute atomic E-state index is 0.169. The van der Waals surface area contributed by atoms with E-state index < -0.39 is 22.7 Å². The van der Waals surface area contributed by atoms with Crippen LogP contribution >= 0.6 is 0 Å². The van der Waals surface area contributed by atoms with E-state index in [4.69, 9.17) is 0 Å². The van der Waals surface area contributed by atoms with Crippen molar-refractivity contribution in [3.05, 3.63) is 18.0 Å². The molecule has 0 saturated carbocycles. The van der Waals surface area contributed by atoms with Gasteiger partial charge in [0.05, 0.1) is 4.90 Å². The third-order valence-corrected chi connectivity index (χ3v) is 4.35. The minimum atomic E-state index is -4.57. The Kier molecular flexibility index (Phi) is 5.60. The summed E-state index contributed by atoms with van der Waals surface area (Å²) in [5.74, 6) is 0. The number of nitrogens with zero attached hydrogens (tertiary/aromatic N) is 1. The molecule has 20 heavy (non-hydrogen) atoms. The Bertz CT molecular complexity index is 525. The van der Waals surface area contributed by atoms with Crippen molar-refractivity contribution in [3.63, 3.8) is 0 Å². The van der Waals surface area contributed by atoms with Gasteiger partial charge < -0.3 is 10.3 Å². The van der Waals surface area contributed by atoms with Crippen molar-refractivity contribution in [2.45, 2.75) is 31.0 Å². The molecule has 1 aromatic rings. The van der Waals surface area contributed by atoms with Crippen molar-refractivity contribution in [1.82, 2.24) is 14.6 Å². The molecule has 0 fully saturated rings. The van der Waals surface area contributed by atoms with Gasteiger partial charge in [-0.25, -0.2) is 8.42 Å². The predicted molar refractivity (Wildman–Crippen MR) is 68.7 cm³/mol. The lowest BCUT2D eigenvalue weighted by atomic mass is 10.4. The van der Waals surface area contributed by atoms with Gasteiger partial charge in [-0.15, -0.1) is 0 Å². The number of aromatic nitrogens is 1. The van der Waals surface area contributed by atoms with E-state index in [2.05, 4.69) is 10.3 Å². The molecule has 1 aromatic heterocycles. The van der Waals surface area contributed by atoms with Crippen LogP contribution in [0, 0.1) is 0 Å². The summed E-state index contributed by atoms with van der Waals surface area (Å²) >= 11 is 0. The average molecular weight is 313 g/mol. The van der Waals surface area contributed by atoms with Crippen molar-refractivity contribution in [2.75, 3.05) is 20.1 Å². The van der Waals surface area contributed by atoms with Gasteiger partial charge in [-0.05, 0) is 19.0 Å². The molecule has 5 nitrogen and oxygen atoms in total. The molecule has 116 valence electrons. The van der Waals surface area contributed by atoms with Crippen LogP contribution in [-0.2, 0) is 16.6 Å². The first-order valence-electron chi connectivity index (χ1n) is 6.08. The second-order valence-electron chi connectivity index (χ2n) is 4.41. The molecule has 0 saturated heterocycles. The summed E-state index contributed by atoms with van der Waals surface area (Å²) in [7, 11) is -3.22. The van der Waals surface area contributed by atoms with Crippen molar-refractivity contribution in [3.8, 4) is 0 Å². The van der Waals surface area contributed by atoms with Crippen LogP contribution in [0.15, 0.2) is 17.2 Å². The molecule has 0 unspecified atom stereocenters. The highest BCUT2D eigenvalue weighted by molar-refractivity contribution is 7.89. The Hall–Kier alpha value is -1.06. The first-order valence-corrected chi connectivity index (χ1v) is 7.52. The van der Waals surface area contributed by atoms with Gasteiger partial charge in [0.2, 0.25) is 10.0 Å². The first-order chi connectivity index (χ1) is 9.16. The molecule has 0 bridgehead atoms. The zero-order valence-corrected chi connectivity index (χ0v) is 12.1. The molecule has 0 spiro atoms. The van der Waals surface area contributed by atoms with Gasteiger partial charge in [0.25, 0.3) is 0 Å². The second-order valence-corrected chi connectivity index (χ2v) is 6.46. The largest absolute Gasteiger partial charge is 0.402 e. The number of rotatable bonds is 7. The summed E-state index contributed by atoms with van der Waals surface area (Å²) in [4.78, 5) is 2.57. The van der Waals surface area contributed by atoms with E-state index in [9.17, 15) is 21.6 Å². The smallest absolute Gasteiger partial charge is 0.363 e. The standard InChI is InChI=1S/C11H18F3N3O2S/c1-3-4-15-6-9-5-10(7-16-9)20(18,19)17(2)8-11(12,13)14/h5,7,15-16H,3-4,6,8H2,1-2H3. The van der Waals surface area contributed by atoms with Crippen molar-refractivity contribution in [2.24, 2.45) is 0 Å². The number of hydrogen-bond donors (Lipinski definition) is 2. The molecule has 0 aliphatic rings. The lowest BCUT2D eigenvalue weighted by molar-refractivity contribution is -0.134. The SMILES string of the molecule is CCCNCc1cc(S(=O)(=O)N(C)CC(F)(F)F)c[nH]1. The Labute approximate surface area is 116 Å². The second kappa shape index (κ2) is 6.59. The first kappa shape index (κ1) is 17.0. The minimum Gasteiger partial charge on any atom is -0.363 e. The molecule has 0 atom stereocenters. The van der Waals surface area contributed by atoms with E-state index >= 15 is 0 Å². The fourth-order valence-corrected chi connectivity index (χ4v) is 2.76. The summed E-state index contributed by atoms with van der Waals surface area (Å²) < 4.78 is 60.9. The maximum Gasteiger partial charge on any atom is 0.402 e. The highest BCUT2D eigenvalue weighted by Gasteiger charge is 2.35. The molecule has 0 aromatic carbocycles. The van der Waals surface area contributed by atoms with E-state index in [0.717, 1.165) is 20.0 Å². The van der Waals surface area contributed by atoms with E-state index in [1.807, 2.05) is 6.92 Å². The van der Waals surface area contributed by atoms with Crippen LogP contribution in [-0.4, -0.2) is 44.0 Å². The van der Waals surface area contributed by atoms with Crippen LogP contribution in [0.25, 0.3) is 0 Å². The predicted octanol–water partition coefficient (Wildman–Crippen LogP) is 1.70. The molecular weight excluding hydrogens is 295 g/mol. The topological polar surface area (TPSA) is 65.2 Å². The molecule has 1 rings (SSSR count). The number of hydrogen-bond acceptors (Lipinski definition) is 3. The van der Waals surface area contributed by atoms with Crippen molar-refractivity contribution < 1.29 is 21.6 Å². The Morgan fingerprint density at radius 3 is 2.60 bits per heavy atom. The summed E-state index contributed by atoms with van der Waals surface area (Å²) in [5.41, 5.74) is 0.609. The maximum atomic E-state index is 12.2. The number of H-pyrrole nitrogens is 1. The zero-order chi connectivity index (χ0) is 15.4. The van der Waals surface area contributed by atoms with Crippen LogP contribution in [0.5, 0.6) is 0 Å². The zero-order valence-electron chi connectivity index (χ0n) is 11.3. The van der Waals surface area contributed by atoms with E-state index in [0.29, 0.717) is 16.5 Å². The third kappa shape index (κ3) is 4.80. The van der Waals surface area contributed by atoms with Crippen LogP contribution < -0.4 is 5.32 Å². The Balaban J connectivity index is 2.77. The van der Waals surface area contributed by atoms with Gasteiger partial charge >= 0.3 is 6.18 Å². The van der Waals surface area contributed by atoms with Crippen LogP contribution in [0.2, 0.25) is 0 Å². The van der Waals surface area contributed by atoms with Crippen LogP contribution in [0.3, 0.4) is 0 Å². The fourth-order valence-electron chi connectivity index (χ4n) is 1.59. The quantitative estimate of drug-likeness (QED) is 0.753. The van der Waals surface area contributed by atoms with Crippen LogP contribution in [0.1, 0.15) is 19.0 Å². The van der Waals surface area contributed by atoms with Crippen molar-refractivity contribution >= 4 is 10.0 Å². The van der Waals surface area contributed by atoms with Crippen LogP contribution in [0.4, 0.5) is 13.2 Å². The van der Waals surface area contributed by atoms with Gasteiger partial charge in [0.15, 0.2) is 0 Å². The monoisotopic (exact) mass is 313 g/mol. The lowest BCUT2D eigenvalue weighted by Gasteiger charge is -2.17. The number of halogens is 3. The van der Waals surface area contributed by atoms with E-state index in [-0.39, 0.29) is 4.90 Å². The highest BCUT2D eigenvalue weighted by atomic mass is 32.2. The average Bonchev–Trinajstić information content (AvgIpc) is 2.76. The molecule has 0 radical (unpaired) electrons. The number of sulfonamides is 1. The fraction of sp³-hybridized carbons (Fsp3) is 0.636. The number of aromatic amines is 1.